The van der Waals surface area contributed by atoms with Crippen LogP contribution in [0.4, 0.5) is 0 Å². The van der Waals surface area contributed by atoms with E-state index >= 15 is 0 Å². The third kappa shape index (κ3) is 6.20. The van der Waals surface area contributed by atoms with Gasteiger partial charge in [-0.05, 0) is 71.3 Å². The Morgan fingerprint density at radius 3 is 2.50 bits per heavy atom. The molecule has 8 heteroatoms. The van der Waals surface area contributed by atoms with Gasteiger partial charge in [-0.25, -0.2) is 0 Å². The zero-order chi connectivity index (χ0) is 23.1. The highest BCUT2D eigenvalue weighted by atomic mass is 31.2. The summed E-state index contributed by atoms with van der Waals surface area (Å²) in [5.41, 5.74) is 2.71. The maximum absolute atomic E-state index is 13.6. The molecule has 0 aliphatic heterocycles. The van der Waals surface area contributed by atoms with Gasteiger partial charge in [-0.1, -0.05) is 12.1 Å². The van der Waals surface area contributed by atoms with Crippen LogP contribution in [0.5, 0.6) is 5.75 Å². The molecule has 174 valence electrons. The van der Waals surface area contributed by atoms with Crippen molar-refractivity contribution in [2.75, 3.05) is 13.2 Å². The van der Waals surface area contributed by atoms with Crippen LogP contribution in [0, 0.1) is 6.92 Å². The van der Waals surface area contributed by atoms with E-state index in [1.165, 1.54) is 0 Å². The molecule has 0 aliphatic carbocycles. The number of aromatic nitrogens is 1. The largest absolute Gasteiger partial charge is 0.493 e. The van der Waals surface area contributed by atoms with Gasteiger partial charge in [0, 0.05) is 24.5 Å². The van der Waals surface area contributed by atoms with E-state index in [0.717, 1.165) is 36.0 Å². The normalized spacial score (nSPS) is 12.2. The van der Waals surface area contributed by atoms with Crippen molar-refractivity contribution in [2.45, 2.75) is 59.8 Å². The number of rotatable bonds is 12. The van der Waals surface area contributed by atoms with E-state index in [0.29, 0.717) is 17.9 Å². The molecule has 1 aromatic carbocycles. The number of nitrogens with one attached hydrogen (secondary N) is 1. The highest BCUT2D eigenvalue weighted by Crippen LogP contribution is 2.52. The first-order chi connectivity index (χ1) is 15.3. The van der Waals surface area contributed by atoms with Crippen molar-refractivity contribution in [3.8, 4) is 5.75 Å². The van der Waals surface area contributed by atoms with Crippen molar-refractivity contribution >= 4 is 24.1 Å². The minimum atomic E-state index is -3.62. The average molecular weight is 461 g/mol. The lowest BCUT2D eigenvalue weighted by Crippen LogP contribution is -2.17. The summed E-state index contributed by atoms with van der Waals surface area (Å²) in [6, 6.07) is 9.57. The summed E-state index contributed by atoms with van der Waals surface area (Å²) < 4.78 is 37.1. The molecule has 0 radical (unpaired) electrons. The second kappa shape index (κ2) is 11.1. The predicted molar refractivity (Wildman–Crippen MR) is 127 cm³/mol. The molecule has 0 bridgehead atoms. The van der Waals surface area contributed by atoms with Gasteiger partial charge in [0.15, 0.2) is 0 Å². The van der Waals surface area contributed by atoms with Gasteiger partial charge >= 0.3 is 7.60 Å². The first-order valence-corrected chi connectivity index (χ1v) is 12.6. The summed E-state index contributed by atoms with van der Waals surface area (Å²) in [5.74, 6) is 0.697. The van der Waals surface area contributed by atoms with E-state index in [1.807, 2.05) is 71.1 Å². The van der Waals surface area contributed by atoms with Crippen LogP contribution < -0.4 is 15.6 Å². The zero-order valence-corrected chi connectivity index (χ0v) is 20.4. The Hall–Kier alpha value is -2.18. The maximum Gasteiger partial charge on any atom is 0.397 e. The number of hydrogen-bond acceptors (Lipinski definition) is 7. The number of nitrogens with zero attached hydrogens (tertiary/aromatic N) is 1. The van der Waals surface area contributed by atoms with Crippen molar-refractivity contribution in [1.82, 2.24) is 10.3 Å². The summed E-state index contributed by atoms with van der Waals surface area (Å²) >= 11 is 0. The van der Waals surface area contributed by atoms with Gasteiger partial charge in [0.05, 0.1) is 24.2 Å². The van der Waals surface area contributed by atoms with E-state index in [4.69, 9.17) is 18.2 Å². The monoisotopic (exact) mass is 460 g/mol. The Balaban J connectivity index is 1.69. The molecule has 0 saturated carbocycles. The molecule has 0 unspecified atom stereocenters. The SMILES string of the molecule is Cc1c(P(=O)(OC(C)C)OC(C)C)oc2cccc(OCCCNCc3cccnc3)c12. The predicted octanol–water partition coefficient (Wildman–Crippen LogP) is 5.36. The van der Waals surface area contributed by atoms with Crippen LogP contribution in [0.3, 0.4) is 0 Å². The number of aryl methyl sites for hydroxylation is 1. The number of pyridine rings is 1. The summed E-state index contributed by atoms with van der Waals surface area (Å²) in [4.78, 5) is 4.12. The van der Waals surface area contributed by atoms with Gasteiger partial charge in [0.2, 0.25) is 5.50 Å². The van der Waals surface area contributed by atoms with Crippen LogP contribution >= 0.6 is 7.60 Å². The van der Waals surface area contributed by atoms with Crippen LogP contribution in [0.1, 0.15) is 45.2 Å². The lowest BCUT2D eigenvalue weighted by atomic mass is 10.2. The van der Waals surface area contributed by atoms with Crippen molar-refractivity contribution in [2.24, 2.45) is 0 Å². The Bertz CT molecular complexity index is 1040. The highest BCUT2D eigenvalue weighted by molar-refractivity contribution is 7.62. The summed E-state index contributed by atoms with van der Waals surface area (Å²) in [6.45, 7) is 11.3. The molecule has 0 atom stereocenters. The fourth-order valence-corrected chi connectivity index (χ4v) is 5.51. The third-order valence-corrected chi connectivity index (χ3v) is 6.97. The van der Waals surface area contributed by atoms with Gasteiger partial charge in [0.1, 0.15) is 11.3 Å². The quantitative estimate of drug-likeness (QED) is 0.288. The molecular weight excluding hydrogens is 427 g/mol. The molecule has 2 heterocycles. The van der Waals surface area contributed by atoms with E-state index in [1.54, 1.807) is 6.20 Å². The molecule has 0 aliphatic rings. The van der Waals surface area contributed by atoms with E-state index < -0.39 is 7.60 Å². The second-order valence-electron chi connectivity index (χ2n) is 8.21. The smallest absolute Gasteiger partial charge is 0.397 e. The number of ether oxygens (including phenoxy) is 1. The van der Waals surface area contributed by atoms with Crippen molar-refractivity contribution in [1.29, 1.82) is 0 Å². The van der Waals surface area contributed by atoms with Gasteiger partial charge in [0.25, 0.3) is 0 Å². The Morgan fingerprint density at radius 1 is 1.09 bits per heavy atom. The van der Waals surface area contributed by atoms with Crippen LogP contribution in [0.15, 0.2) is 47.1 Å². The van der Waals surface area contributed by atoms with Crippen LogP contribution in [-0.4, -0.2) is 30.3 Å². The van der Waals surface area contributed by atoms with Gasteiger partial charge < -0.3 is 23.5 Å². The first kappa shape index (κ1) is 24.5. The van der Waals surface area contributed by atoms with E-state index in [9.17, 15) is 4.57 Å². The molecule has 1 N–H and O–H groups in total. The lowest BCUT2D eigenvalue weighted by molar-refractivity contribution is 0.147. The highest BCUT2D eigenvalue weighted by Gasteiger charge is 2.37. The standard InChI is InChI=1S/C24H33N2O5P/c1-17(2)30-32(27,31-18(3)4)24-19(5)23-21(10-6-11-22(23)29-24)28-14-8-13-26-16-20-9-7-12-25-15-20/h6-7,9-12,15,17-18,26H,8,13-14,16H2,1-5H3. The minimum absolute atomic E-state index is 0.240. The molecule has 7 nitrogen and oxygen atoms in total. The van der Waals surface area contributed by atoms with Crippen molar-refractivity contribution < 1.29 is 22.8 Å². The molecule has 0 saturated heterocycles. The molecule has 3 aromatic rings. The summed E-state index contributed by atoms with van der Waals surface area (Å²) in [7, 11) is -3.62. The number of hydrogen-bond donors (Lipinski definition) is 1. The molecule has 32 heavy (non-hydrogen) atoms. The Morgan fingerprint density at radius 2 is 1.84 bits per heavy atom. The maximum atomic E-state index is 13.6. The second-order valence-corrected chi connectivity index (χ2v) is 10.0. The van der Waals surface area contributed by atoms with E-state index in [-0.39, 0.29) is 17.7 Å². The number of furan rings is 1. The minimum Gasteiger partial charge on any atom is -0.493 e. The summed E-state index contributed by atoms with van der Waals surface area (Å²) in [6.07, 6.45) is 3.91. The molecule has 0 amide bonds. The van der Waals surface area contributed by atoms with Crippen molar-refractivity contribution in [3.05, 3.63) is 53.9 Å². The average Bonchev–Trinajstić information content (AvgIpc) is 3.08. The molecule has 3 rings (SSSR count). The van der Waals surface area contributed by atoms with Crippen molar-refractivity contribution in [3.63, 3.8) is 0 Å². The first-order valence-electron chi connectivity index (χ1n) is 11.0. The summed E-state index contributed by atoms with van der Waals surface area (Å²) in [5, 5.41) is 4.19. The van der Waals surface area contributed by atoms with Gasteiger partial charge in [-0.15, -0.1) is 0 Å². The fourth-order valence-electron chi connectivity index (χ4n) is 3.43. The zero-order valence-electron chi connectivity index (χ0n) is 19.5. The molecule has 0 fully saturated rings. The fraction of sp³-hybridized carbons (Fsp3) is 0.458. The Kier molecular flexibility index (Phi) is 8.49. The molecule has 0 spiro atoms. The molecular formula is C24H33N2O5P. The number of fused-ring (bicyclic) bond motifs is 1. The topological polar surface area (TPSA) is 82.8 Å². The number of benzene rings is 1. The third-order valence-electron chi connectivity index (χ3n) is 4.65. The van der Waals surface area contributed by atoms with Gasteiger partial charge in [-0.2, -0.15) is 0 Å². The van der Waals surface area contributed by atoms with Crippen LogP contribution in [0.25, 0.3) is 11.0 Å². The van der Waals surface area contributed by atoms with Crippen LogP contribution in [-0.2, 0) is 20.2 Å². The molecule has 2 aromatic heterocycles. The lowest BCUT2D eigenvalue weighted by Gasteiger charge is -2.21. The van der Waals surface area contributed by atoms with Gasteiger partial charge in [-0.3, -0.25) is 9.55 Å². The van der Waals surface area contributed by atoms with Crippen LogP contribution in [0.2, 0.25) is 0 Å². The van der Waals surface area contributed by atoms with E-state index in [2.05, 4.69) is 10.3 Å². The Labute approximate surface area is 190 Å².